The number of nitrogens with one attached hydrogen (secondary N) is 1. The molecule has 30 nitrogen and oxygen atoms in total. The van der Waals surface area contributed by atoms with E-state index in [0.29, 0.717) is 49.2 Å². The Hall–Kier alpha value is -9.31. The number of aromatic nitrogens is 14. The zero-order valence-corrected chi connectivity index (χ0v) is 42.5. The zero-order valence-electron chi connectivity index (χ0n) is 40.3. The molecule has 412 valence electrons. The molecule has 0 amide bonds. The molecule has 0 atom stereocenters. The molecule has 0 aliphatic heterocycles. The molecule has 0 aliphatic rings. The lowest BCUT2D eigenvalue weighted by atomic mass is 10.3. The molecule has 0 radical (unpaired) electrons. The standard InChI is InChI=1S/C16H12ClFN6O5.C15H14ClFN6O4.C12H9ClFN5O4/c1-8-19-20-12(27-8)3-2-6-26-15-13(21-29-23-15)14-22-28-16(25)24(14)9-4-5-11(18)10(17)7-9;1-8-19-20-12(26-8)3-2-6-25-15-13(22-27-23-15)14(21-24)18-9-4-5-11(17)10(16)7-9;13-7-5-6(1-2-8(7)14)19-10(17-22-12(19)20)9-11(18-23-16-9)21-4-3-15/h4-5,7H,2-3,6H2,1H3;4-5,7,24H,2-3,6H2,1H3,(H,18,21);1-2,5H,3-4,15H2. The van der Waals surface area contributed by atoms with Gasteiger partial charge < -0.3 is 28.8 Å². The molecule has 0 unspecified atom stereocenters. The van der Waals surface area contributed by atoms with E-state index in [-0.39, 0.29) is 111 Å². The van der Waals surface area contributed by atoms with Crippen molar-refractivity contribution in [3.63, 3.8) is 0 Å². The molecular weight excluding hydrogens is 1130 g/mol. The summed E-state index contributed by atoms with van der Waals surface area (Å²) in [4.78, 5) is 28.1. The van der Waals surface area contributed by atoms with Gasteiger partial charge in [0, 0.05) is 33.2 Å². The number of ether oxygens (including phenoxy) is 3. The highest BCUT2D eigenvalue weighted by Gasteiger charge is 2.26. The van der Waals surface area contributed by atoms with Crippen LogP contribution in [0.2, 0.25) is 15.1 Å². The fraction of sp³-hybridized carbons (Fsp3) is 0.233. The van der Waals surface area contributed by atoms with E-state index < -0.39 is 29.0 Å². The summed E-state index contributed by atoms with van der Waals surface area (Å²) in [6.07, 6.45) is 2.15. The third-order valence-corrected chi connectivity index (χ3v) is 10.7. The van der Waals surface area contributed by atoms with Crippen LogP contribution in [0.15, 0.2) is 101 Å². The van der Waals surface area contributed by atoms with Crippen LogP contribution in [0.3, 0.4) is 0 Å². The Kier molecular flexibility index (Phi) is 18.5. The fourth-order valence-electron chi connectivity index (χ4n) is 6.38. The number of rotatable bonds is 19. The summed E-state index contributed by atoms with van der Waals surface area (Å²) in [6.45, 7) is 4.29. The van der Waals surface area contributed by atoms with Crippen molar-refractivity contribution in [1.29, 1.82) is 0 Å². The average molecular weight is 1160 g/mol. The second-order valence-corrected chi connectivity index (χ2v) is 16.5. The van der Waals surface area contributed by atoms with Gasteiger partial charge in [-0.2, -0.15) is 0 Å². The minimum atomic E-state index is -0.830. The van der Waals surface area contributed by atoms with E-state index >= 15 is 0 Å². The van der Waals surface area contributed by atoms with E-state index in [2.05, 4.69) is 80.4 Å². The molecule has 79 heavy (non-hydrogen) atoms. The normalized spacial score (nSPS) is 11.2. The number of halogens is 6. The number of benzene rings is 3. The summed E-state index contributed by atoms with van der Waals surface area (Å²) in [5.74, 6) is -1.71. The van der Waals surface area contributed by atoms with Crippen molar-refractivity contribution >= 4 is 46.3 Å². The first-order valence-corrected chi connectivity index (χ1v) is 23.5. The molecule has 4 N–H and O–H groups in total. The highest BCUT2D eigenvalue weighted by Crippen LogP contribution is 2.30. The third-order valence-electron chi connectivity index (χ3n) is 9.85. The monoisotopic (exact) mass is 1160 g/mol. The highest BCUT2D eigenvalue weighted by molar-refractivity contribution is 6.31. The first kappa shape index (κ1) is 55.9. The van der Waals surface area contributed by atoms with Crippen LogP contribution in [0.4, 0.5) is 18.9 Å². The largest absolute Gasteiger partial charge is 0.474 e. The van der Waals surface area contributed by atoms with Gasteiger partial charge in [0.15, 0.2) is 5.84 Å². The van der Waals surface area contributed by atoms with Crippen LogP contribution >= 0.6 is 34.8 Å². The Balaban J connectivity index is 0.000000157. The zero-order chi connectivity index (χ0) is 56.0. The van der Waals surface area contributed by atoms with Crippen LogP contribution in [-0.2, 0) is 12.8 Å². The summed E-state index contributed by atoms with van der Waals surface area (Å²) in [7, 11) is 0. The number of aryl methyl sites for hydroxylation is 4. The molecule has 0 saturated heterocycles. The van der Waals surface area contributed by atoms with Crippen molar-refractivity contribution in [3.05, 3.63) is 137 Å². The van der Waals surface area contributed by atoms with Gasteiger partial charge in [0.1, 0.15) is 24.1 Å². The molecule has 0 saturated carbocycles. The summed E-state index contributed by atoms with van der Waals surface area (Å²) in [5.41, 5.74) is 8.05. The number of amidine groups is 1. The topological polar surface area (TPSA) is 389 Å². The van der Waals surface area contributed by atoms with Crippen LogP contribution in [0.5, 0.6) is 17.6 Å². The summed E-state index contributed by atoms with van der Waals surface area (Å²) >= 11 is 17.2. The predicted octanol–water partition coefficient (Wildman–Crippen LogP) is 6.00. The third kappa shape index (κ3) is 14.0. The molecule has 10 aromatic rings. The van der Waals surface area contributed by atoms with E-state index in [1.165, 1.54) is 36.4 Å². The first-order valence-electron chi connectivity index (χ1n) is 22.4. The number of hydroxylamine groups is 1. The summed E-state index contributed by atoms with van der Waals surface area (Å²) < 4.78 is 92.2. The van der Waals surface area contributed by atoms with Gasteiger partial charge in [-0.05, 0) is 98.4 Å². The molecule has 0 spiro atoms. The summed E-state index contributed by atoms with van der Waals surface area (Å²) in [6, 6.07) is 11.2. The van der Waals surface area contributed by atoms with Crippen LogP contribution in [0, 0.1) is 31.3 Å². The molecule has 0 bridgehead atoms. The van der Waals surface area contributed by atoms with Crippen molar-refractivity contribution in [1.82, 2.24) is 76.3 Å². The molecular formula is C43H35Cl3F3N17O13. The highest BCUT2D eigenvalue weighted by atomic mass is 35.5. The van der Waals surface area contributed by atoms with Gasteiger partial charge >= 0.3 is 11.5 Å². The number of nitrogens with two attached hydrogens (primary N) is 1. The van der Waals surface area contributed by atoms with Gasteiger partial charge in [0.05, 0.1) is 45.3 Å². The van der Waals surface area contributed by atoms with Crippen molar-refractivity contribution < 1.29 is 64.4 Å². The fourth-order valence-corrected chi connectivity index (χ4v) is 6.90. The predicted molar refractivity (Wildman–Crippen MR) is 258 cm³/mol. The number of hydrogen-bond donors (Lipinski definition) is 3. The van der Waals surface area contributed by atoms with Crippen molar-refractivity contribution in [2.24, 2.45) is 10.7 Å². The maximum absolute atomic E-state index is 13.4. The average Bonchev–Trinajstić information content (AvgIpc) is 4.45. The van der Waals surface area contributed by atoms with Gasteiger partial charge in [-0.3, -0.25) is 19.7 Å². The molecule has 36 heteroatoms. The molecule has 0 fully saturated rings. The van der Waals surface area contributed by atoms with Crippen molar-refractivity contribution in [2.45, 2.75) is 39.5 Å². The Morgan fingerprint density at radius 2 is 1.08 bits per heavy atom. The SMILES string of the molecule is Cc1nnc(CCCOc2nonc2-c2noc(=O)n2-c2ccc(F)c(Cl)c2)o1.Cc1nnc(CCCOc2nonc2C(=Nc2ccc(F)c(Cl)c2)NO)o1.NCCOc1nonc1-c1noc(=O)n1-c1ccc(F)c(Cl)c1. The second-order valence-electron chi connectivity index (χ2n) is 15.3. The van der Waals surface area contributed by atoms with E-state index in [1.807, 2.05) is 5.48 Å². The van der Waals surface area contributed by atoms with Gasteiger partial charge in [-0.15, -0.1) is 20.4 Å². The molecule has 7 heterocycles. The Bertz CT molecular complexity index is 3800. The lowest BCUT2D eigenvalue weighted by Crippen LogP contribution is -2.21. The van der Waals surface area contributed by atoms with Gasteiger partial charge in [-0.25, -0.2) is 50.8 Å². The van der Waals surface area contributed by atoms with E-state index in [4.69, 9.17) is 72.7 Å². The molecule has 0 aliphatic carbocycles. The van der Waals surface area contributed by atoms with Crippen LogP contribution in [0.25, 0.3) is 34.4 Å². The van der Waals surface area contributed by atoms with Crippen molar-refractivity contribution in [2.75, 3.05) is 26.4 Å². The van der Waals surface area contributed by atoms with Crippen LogP contribution in [-0.4, -0.2) is 108 Å². The Morgan fingerprint density at radius 3 is 1.53 bits per heavy atom. The molecule has 3 aromatic carbocycles. The summed E-state index contributed by atoms with van der Waals surface area (Å²) in [5, 5.41) is 53.3. The van der Waals surface area contributed by atoms with E-state index in [9.17, 15) is 28.0 Å². The van der Waals surface area contributed by atoms with Gasteiger partial charge in [-0.1, -0.05) is 45.1 Å². The lowest BCUT2D eigenvalue weighted by molar-refractivity contribution is 0.233. The minimum absolute atomic E-state index is 0.00182. The van der Waals surface area contributed by atoms with E-state index in [0.717, 1.165) is 27.3 Å². The molecule has 10 rings (SSSR count). The van der Waals surface area contributed by atoms with Gasteiger partial charge in [0.2, 0.25) is 52.3 Å². The second kappa shape index (κ2) is 26.2. The van der Waals surface area contributed by atoms with Crippen LogP contribution in [0.1, 0.15) is 42.1 Å². The number of nitrogens with zero attached hydrogens (tertiary/aromatic N) is 15. The minimum Gasteiger partial charge on any atom is -0.474 e. The number of aliphatic imine (C=N–C) groups is 1. The Morgan fingerprint density at radius 1 is 0.620 bits per heavy atom. The maximum Gasteiger partial charge on any atom is 0.446 e. The van der Waals surface area contributed by atoms with Crippen molar-refractivity contribution in [3.8, 4) is 52.1 Å². The van der Waals surface area contributed by atoms with E-state index in [1.54, 1.807) is 13.8 Å². The maximum atomic E-state index is 13.4. The quantitative estimate of drug-likeness (QED) is 0.0361. The van der Waals surface area contributed by atoms with Gasteiger partial charge in [0.25, 0.3) is 17.6 Å². The smallest absolute Gasteiger partial charge is 0.446 e. The number of hydrogen-bond acceptors (Lipinski definition) is 27. The first-order chi connectivity index (χ1) is 38.2. The lowest BCUT2D eigenvalue weighted by Gasteiger charge is -2.05. The molecule has 7 aromatic heterocycles. The Labute approximate surface area is 451 Å². The van der Waals surface area contributed by atoms with Crippen LogP contribution < -0.4 is 36.9 Å².